The standard InChI is InChI=1S/C88H109Cl2IN8O19Si2/c1-46(2)36-62(99(12)85(108)116-86(3,4)5)80(103)97-75-77(117-119(18,19)87(6,7)8)50-27-34-64(58(89)38-50)114-67-40-52-41-68(71(67)91)115-65-35-28-51(39-59(65)90)78(118-120(20,21)88(9,10)11)76-84(107)93-61(45-100)56-42-55(111-15)43-66(113-17)70(56)57-37-49(26-33-63(57)112-16)73(81(104)98-76)96-82(105)74(52)95-79(102)60(92-83(75)106)44-69(101)94-72(47-22-29-53(109-13)30-23-47)48-24-31-54(110-14)32-25-48/h22-35,37-43,46,60-62,72-78,100H,36,44-45H2,1-21H3,(H,92,106)(H,93,107)(H,94,101)(H,95,102)(H,96,105)(H,97,103)(H,98,104)/t60-,61+,62+,73+,74+,75+,76-,77+,78+/m0/s1. The van der Waals surface area contributed by atoms with Gasteiger partial charge in [0, 0.05) is 24.2 Å². The van der Waals surface area contributed by atoms with Crippen molar-refractivity contribution >= 4 is 110 Å². The number of halogens is 3. The average Bonchev–Trinajstić information content (AvgIpc) is 0.760. The minimum atomic E-state index is -3.19. The molecule has 0 saturated carbocycles. The number of nitrogens with zero attached hydrogens (tertiary/aromatic N) is 1. The molecule has 644 valence electrons. The zero-order chi connectivity index (χ0) is 88.2. The zero-order valence-electron chi connectivity index (χ0n) is 71.5. The van der Waals surface area contributed by atoms with Crippen LogP contribution in [0.25, 0.3) is 11.1 Å². The van der Waals surface area contributed by atoms with Gasteiger partial charge in [-0.3, -0.25) is 38.5 Å². The van der Waals surface area contributed by atoms with Gasteiger partial charge < -0.3 is 89.1 Å². The van der Waals surface area contributed by atoms with Gasteiger partial charge in [0.25, 0.3) is 0 Å². The van der Waals surface area contributed by atoms with E-state index in [0.29, 0.717) is 28.2 Å². The van der Waals surface area contributed by atoms with Crippen molar-refractivity contribution in [3.05, 3.63) is 180 Å². The quantitative estimate of drug-likeness (QED) is 0.0260. The molecule has 120 heavy (non-hydrogen) atoms. The Balaban J connectivity index is 1.26. The third kappa shape index (κ3) is 21.2. The number of rotatable bonds is 20. The van der Waals surface area contributed by atoms with Gasteiger partial charge in [-0.25, -0.2) is 4.79 Å². The maximum Gasteiger partial charge on any atom is 0.410 e. The highest BCUT2D eigenvalue weighted by Crippen LogP contribution is 2.50. The Morgan fingerprint density at radius 2 is 1.04 bits per heavy atom. The summed E-state index contributed by atoms with van der Waals surface area (Å²) in [6.07, 6.45) is -4.59. The molecule has 0 aliphatic carbocycles. The molecule has 0 spiro atoms. The second kappa shape index (κ2) is 37.8. The molecule has 0 unspecified atom stereocenters. The second-order valence-corrected chi connectivity index (χ2v) is 45.8. The molecule has 9 atom stereocenters. The smallest absolute Gasteiger partial charge is 0.410 e. The number of hydrogen-bond acceptors (Lipinski definition) is 19. The molecule has 0 saturated heterocycles. The van der Waals surface area contributed by atoms with E-state index in [-0.39, 0.29) is 99.6 Å². The summed E-state index contributed by atoms with van der Waals surface area (Å²) in [6, 6.07) is 20.9. The highest BCUT2D eigenvalue weighted by Gasteiger charge is 2.49. The highest BCUT2D eigenvalue weighted by atomic mass is 127. The van der Waals surface area contributed by atoms with Crippen molar-refractivity contribution in [3.63, 3.8) is 0 Å². The maximum absolute atomic E-state index is 16.8. The Kier molecular flexibility index (Phi) is 29.1. The van der Waals surface area contributed by atoms with E-state index in [2.05, 4.69) is 37.2 Å². The third-order valence-corrected chi connectivity index (χ3v) is 32.9. The van der Waals surface area contributed by atoms with E-state index in [1.165, 1.54) is 72.9 Å². The van der Waals surface area contributed by atoms with Gasteiger partial charge in [-0.2, -0.15) is 0 Å². The molecule has 0 aromatic heterocycles. The van der Waals surface area contributed by atoms with Crippen LogP contribution in [0.3, 0.4) is 0 Å². The monoisotopic (exact) mass is 1830 g/mol. The number of amides is 8. The summed E-state index contributed by atoms with van der Waals surface area (Å²) in [7, 11) is 2.43. The molecule has 11 bridgehead atoms. The van der Waals surface area contributed by atoms with E-state index in [1.54, 1.807) is 118 Å². The fourth-order valence-corrected chi connectivity index (χ4v) is 17.2. The summed E-state index contributed by atoms with van der Waals surface area (Å²) < 4.78 is 63.6. The lowest BCUT2D eigenvalue weighted by molar-refractivity contribution is -0.138. The van der Waals surface area contributed by atoms with Gasteiger partial charge in [-0.05, 0) is 210 Å². The van der Waals surface area contributed by atoms with Crippen molar-refractivity contribution in [2.75, 3.05) is 49.2 Å². The minimum absolute atomic E-state index is 0.0115. The Labute approximate surface area is 726 Å². The summed E-state index contributed by atoms with van der Waals surface area (Å²) in [5.41, 5.74) is 1.41. The van der Waals surface area contributed by atoms with Gasteiger partial charge in [0.1, 0.15) is 93.6 Å². The number of carbonyl (C=O) groups is 8. The molecular weight excluding hydrogens is 1730 g/mol. The Morgan fingerprint density at radius 3 is 1.53 bits per heavy atom. The van der Waals surface area contributed by atoms with E-state index in [0.717, 1.165) is 4.90 Å². The minimum Gasteiger partial charge on any atom is -0.497 e. The van der Waals surface area contributed by atoms with Gasteiger partial charge in [-0.15, -0.1) is 0 Å². The van der Waals surface area contributed by atoms with Crippen LogP contribution in [0.2, 0.25) is 46.3 Å². The molecule has 0 radical (unpaired) electrons. The Morgan fingerprint density at radius 1 is 0.550 bits per heavy atom. The van der Waals surface area contributed by atoms with Gasteiger partial charge in [0.15, 0.2) is 16.6 Å². The summed E-state index contributed by atoms with van der Waals surface area (Å²) in [5.74, 6) is -5.53. The number of likely N-dealkylation sites (N-methyl/N-ethyl adjacent to an activating group) is 1. The van der Waals surface area contributed by atoms with Crippen molar-refractivity contribution in [3.8, 4) is 62.9 Å². The topological polar surface area (TPSA) is 337 Å². The van der Waals surface area contributed by atoms with Gasteiger partial charge in [-0.1, -0.05) is 121 Å². The number of nitrogens with one attached hydrogen (secondary N) is 7. The van der Waals surface area contributed by atoms with Crippen LogP contribution in [0, 0.1) is 9.49 Å². The van der Waals surface area contributed by atoms with Crippen LogP contribution < -0.4 is 70.4 Å². The number of aliphatic hydroxyl groups is 1. The molecular formula is C88H109Cl2IN8O19Si2. The lowest BCUT2D eigenvalue weighted by atomic mass is 9.89. The number of fused-ring (bicyclic) bond motifs is 15. The summed E-state index contributed by atoms with van der Waals surface area (Å²) in [4.78, 5) is 129. The largest absolute Gasteiger partial charge is 0.497 e. The van der Waals surface area contributed by atoms with Crippen molar-refractivity contribution in [2.24, 2.45) is 5.92 Å². The van der Waals surface area contributed by atoms with Crippen LogP contribution >= 0.6 is 45.8 Å². The molecule has 7 aromatic carbocycles. The summed E-state index contributed by atoms with van der Waals surface area (Å²) in [6.45, 7) is 27.8. The van der Waals surface area contributed by atoms with Crippen LogP contribution in [0.5, 0.6) is 51.7 Å². The molecule has 27 nitrogen and oxygen atoms in total. The molecule has 5 aliphatic rings. The normalized spacial score (nSPS) is 19.5. The lowest BCUT2D eigenvalue weighted by Crippen LogP contribution is -2.61. The molecule has 5 aliphatic heterocycles. The first-order valence-corrected chi connectivity index (χ1v) is 47.0. The van der Waals surface area contributed by atoms with E-state index >= 15 is 33.6 Å². The second-order valence-electron chi connectivity index (χ2n) is 34.4. The number of benzene rings is 7. The number of hydrogen-bond donors (Lipinski definition) is 8. The van der Waals surface area contributed by atoms with E-state index in [1.807, 2.05) is 104 Å². The summed E-state index contributed by atoms with van der Waals surface area (Å²) >= 11 is 17.0. The predicted octanol–water partition coefficient (Wildman–Crippen LogP) is 15.3. The van der Waals surface area contributed by atoms with E-state index in [9.17, 15) is 9.90 Å². The molecule has 5 heterocycles. The van der Waals surface area contributed by atoms with Crippen LogP contribution in [0.4, 0.5) is 4.79 Å². The van der Waals surface area contributed by atoms with Crippen molar-refractivity contribution in [1.82, 2.24) is 42.1 Å². The predicted molar refractivity (Wildman–Crippen MR) is 469 cm³/mol. The number of carbonyl (C=O) groups excluding carboxylic acids is 8. The molecule has 7 aromatic rings. The molecule has 8 N–H and O–H groups in total. The molecule has 32 heteroatoms. The van der Waals surface area contributed by atoms with Crippen LogP contribution in [-0.4, -0.2) is 153 Å². The Hall–Kier alpha value is -9.68. The van der Waals surface area contributed by atoms with Crippen molar-refractivity contribution < 1.29 is 90.2 Å². The third-order valence-electron chi connectivity index (χ3n) is 22.3. The first kappa shape index (κ1) is 92.6. The van der Waals surface area contributed by atoms with Crippen molar-refractivity contribution in [1.29, 1.82) is 0 Å². The van der Waals surface area contributed by atoms with Crippen LogP contribution in [0.1, 0.15) is 164 Å². The Bertz CT molecular complexity index is 4950. The fraction of sp³-hybridized carbons (Fsp3) is 0.432. The van der Waals surface area contributed by atoms with Crippen LogP contribution in [0.15, 0.2) is 127 Å². The number of methoxy groups -OCH3 is 5. The van der Waals surface area contributed by atoms with E-state index in [4.69, 9.17) is 69.9 Å². The molecule has 8 amide bonds. The van der Waals surface area contributed by atoms with Gasteiger partial charge in [0.2, 0.25) is 41.4 Å². The summed E-state index contributed by atoms with van der Waals surface area (Å²) in [5, 5.41) is 31.2. The molecule has 0 fully saturated rings. The average molecular weight is 1840 g/mol. The molecule has 12 rings (SSSR count). The van der Waals surface area contributed by atoms with Gasteiger partial charge >= 0.3 is 6.09 Å². The number of ether oxygens (including phenoxy) is 8. The van der Waals surface area contributed by atoms with E-state index < -0.39 is 153 Å². The fourth-order valence-electron chi connectivity index (χ4n) is 13.7. The SMILES string of the molecule is COc1ccc(C(NC(=O)C[C@@H]2NC(=O)[C@H](NC(=O)[C@@H](CC(C)C)N(C)C(=O)OC(C)(C)C)[C@H](O[Si](C)(C)C(C)(C)C)c3ccc(c(Cl)c3)Oc3cc4cc(c3I)Oc3ccc(cc3Cl)[C@@H](O[Si](C)(C)C(C)(C)C)[C@@H]3NC(=O)[C@H](NC(=O)[C@@H]4NC2=O)c2ccc(OC)c(c2)-c2c(OC)cc(OC)cc2[C@@H](CO)NC3=O)c2ccc(OC)cc2)cc1. The maximum atomic E-state index is 16.8. The van der Waals surface area contributed by atoms with Crippen LogP contribution in [-0.2, 0) is 47.2 Å². The first-order valence-electron chi connectivity index (χ1n) is 39.4. The highest BCUT2D eigenvalue weighted by molar-refractivity contribution is 14.1. The van der Waals surface area contributed by atoms with Crippen molar-refractivity contribution in [2.45, 2.75) is 191 Å². The lowest BCUT2D eigenvalue weighted by Gasteiger charge is -2.42. The zero-order valence-corrected chi connectivity index (χ0v) is 77.1. The van der Waals surface area contributed by atoms with Gasteiger partial charge in [0.05, 0.1) is 86.5 Å². The number of aliphatic hydroxyl groups excluding tert-OH is 1. The first-order chi connectivity index (χ1) is 56.3.